The van der Waals surface area contributed by atoms with Crippen molar-refractivity contribution >= 4 is 5.97 Å². The molecule has 0 N–H and O–H groups in total. The number of benzene rings is 1. The molecule has 3 aliphatic rings. The summed E-state index contributed by atoms with van der Waals surface area (Å²) in [5.41, 5.74) is -5.77. The molecule has 2 aliphatic heterocycles. The number of carbonyl (C=O) groups excluding carboxylic acids is 1. The predicted molar refractivity (Wildman–Crippen MR) is 118 cm³/mol. The number of hydrogen-bond acceptors (Lipinski definition) is 3. The van der Waals surface area contributed by atoms with Gasteiger partial charge in [0.05, 0.1) is 25.8 Å². The normalized spacial score (nSPS) is 26.9. The molecule has 3 atom stereocenters. The van der Waals surface area contributed by atoms with E-state index >= 15 is 8.78 Å². The van der Waals surface area contributed by atoms with Crippen LogP contribution in [0.2, 0.25) is 0 Å². The second-order valence-electron chi connectivity index (χ2n) is 9.80. The third-order valence-electron chi connectivity index (χ3n) is 8.77. The van der Waals surface area contributed by atoms with Gasteiger partial charge in [0.15, 0.2) is 17.4 Å². The van der Waals surface area contributed by atoms with Crippen molar-refractivity contribution < 1.29 is 45.4 Å². The highest BCUT2D eigenvalue weighted by atomic mass is 19.4. The van der Waals surface area contributed by atoms with Crippen molar-refractivity contribution in [3.63, 3.8) is 0 Å². The highest BCUT2D eigenvalue weighted by Crippen LogP contribution is 2.80. The molecular formula is C26H24F5N3O3+2. The molecule has 1 aliphatic carbocycles. The molecule has 194 valence electrons. The average molecular weight is 521 g/mol. The summed E-state index contributed by atoms with van der Waals surface area (Å²) in [6.07, 6.45) is -1.45. The fourth-order valence-electron chi connectivity index (χ4n) is 7.42. The summed E-state index contributed by atoms with van der Waals surface area (Å²) in [5.74, 6) is -3.08. The second kappa shape index (κ2) is 6.87. The van der Waals surface area contributed by atoms with E-state index in [0.29, 0.717) is 12.2 Å². The number of halogens is 5. The van der Waals surface area contributed by atoms with E-state index in [1.165, 1.54) is 13.2 Å². The predicted octanol–water partition coefficient (Wildman–Crippen LogP) is 4.18. The van der Waals surface area contributed by atoms with Crippen molar-refractivity contribution in [1.29, 1.82) is 0 Å². The molecule has 2 aromatic heterocycles. The van der Waals surface area contributed by atoms with Crippen LogP contribution in [0.4, 0.5) is 22.0 Å². The lowest BCUT2D eigenvalue weighted by Gasteiger charge is -2.27. The number of methoxy groups -OCH3 is 1. The third kappa shape index (κ3) is 2.27. The Kier molecular flexibility index (Phi) is 4.43. The van der Waals surface area contributed by atoms with Crippen LogP contribution < -0.4 is 13.9 Å². The Morgan fingerprint density at radius 1 is 1.16 bits per heavy atom. The molecule has 1 aromatic carbocycles. The van der Waals surface area contributed by atoms with Gasteiger partial charge in [0.2, 0.25) is 5.69 Å². The maximum Gasteiger partial charge on any atom is 0.422 e. The minimum atomic E-state index is -5.26. The number of aromatic nitrogens is 3. The number of rotatable bonds is 3. The molecule has 3 aromatic rings. The molecule has 1 spiro atoms. The van der Waals surface area contributed by atoms with Crippen LogP contribution >= 0.6 is 0 Å². The monoisotopic (exact) mass is 521 g/mol. The number of ether oxygens (including phenoxy) is 2. The number of nitrogens with zero attached hydrogens (tertiary/aromatic N) is 3. The Bertz CT molecular complexity index is 1550. The molecule has 11 heteroatoms. The molecule has 1 fully saturated rings. The summed E-state index contributed by atoms with van der Waals surface area (Å²) in [6, 6.07) is 3.82. The number of pyridine rings is 1. The van der Waals surface area contributed by atoms with Gasteiger partial charge in [-0.15, -0.1) is 0 Å². The lowest BCUT2D eigenvalue weighted by Crippen LogP contribution is -2.56. The summed E-state index contributed by atoms with van der Waals surface area (Å²) < 4.78 is 89.3. The van der Waals surface area contributed by atoms with Crippen molar-refractivity contribution in [2.75, 3.05) is 7.11 Å². The zero-order valence-electron chi connectivity index (χ0n) is 20.8. The van der Waals surface area contributed by atoms with E-state index in [0.717, 1.165) is 6.07 Å². The van der Waals surface area contributed by atoms with Crippen molar-refractivity contribution in [3.8, 4) is 17.0 Å². The Labute approximate surface area is 208 Å². The standard InChI is InChI=1S/C26H24F5N3O3/c1-6-23-15-11-16(27)20(25(29,30)31)21(28)19(15)17-10-14(36-5)8-9-33(17)24(23,7-2)26(23)34-13(3)32(4)12-18(34)22(35)37-26/h8-12H,6-7H2,1-5H3/q+2. The van der Waals surface area contributed by atoms with Crippen LogP contribution in [0.5, 0.6) is 5.75 Å². The molecular weight excluding hydrogens is 497 g/mol. The molecule has 0 radical (unpaired) electrons. The molecule has 4 heterocycles. The average Bonchev–Trinajstić information content (AvgIpc) is 3.01. The van der Waals surface area contributed by atoms with Gasteiger partial charge < -0.3 is 9.47 Å². The van der Waals surface area contributed by atoms with E-state index in [9.17, 15) is 18.0 Å². The van der Waals surface area contributed by atoms with Gasteiger partial charge in [-0.25, -0.2) is 18.1 Å². The van der Waals surface area contributed by atoms with Crippen LogP contribution in [-0.4, -0.2) is 17.6 Å². The Balaban J connectivity index is 1.83. The first kappa shape index (κ1) is 23.9. The van der Waals surface area contributed by atoms with Crippen molar-refractivity contribution in [2.45, 2.75) is 56.5 Å². The highest BCUT2D eigenvalue weighted by molar-refractivity contribution is 5.91. The van der Waals surface area contributed by atoms with E-state index in [1.807, 2.05) is 6.92 Å². The summed E-state index contributed by atoms with van der Waals surface area (Å²) in [4.78, 5) is 13.2. The SMILES string of the molecule is CCC12c3cc(F)c(C(F)(F)F)c(F)c3-c3cc(OC)cc[n+]3C1(CC)C21OC(=O)c2c[n+](C)c(C)n21. The van der Waals surface area contributed by atoms with Gasteiger partial charge in [-0.2, -0.15) is 22.3 Å². The zero-order chi connectivity index (χ0) is 26.9. The van der Waals surface area contributed by atoms with Crippen molar-refractivity contribution in [3.05, 3.63) is 64.9 Å². The van der Waals surface area contributed by atoms with E-state index in [-0.39, 0.29) is 34.7 Å². The molecule has 0 saturated heterocycles. The molecule has 3 unspecified atom stereocenters. The summed E-state index contributed by atoms with van der Waals surface area (Å²) >= 11 is 0. The largest absolute Gasteiger partial charge is 0.496 e. The number of carbonyl (C=O) groups is 1. The fourth-order valence-corrected chi connectivity index (χ4v) is 7.42. The summed E-state index contributed by atoms with van der Waals surface area (Å²) in [5, 5.41) is 0. The number of imidazole rings is 1. The van der Waals surface area contributed by atoms with Crippen LogP contribution in [0.3, 0.4) is 0 Å². The van der Waals surface area contributed by atoms with Crippen LogP contribution in [0, 0.1) is 18.6 Å². The highest BCUT2D eigenvalue weighted by Gasteiger charge is 3.04. The summed E-state index contributed by atoms with van der Waals surface area (Å²) in [6.45, 7) is 5.45. The van der Waals surface area contributed by atoms with Gasteiger partial charge >= 0.3 is 17.9 Å². The minimum Gasteiger partial charge on any atom is -0.496 e. The van der Waals surface area contributed by atoms with Gasteiger partial charge in [0.1, 0.15) is 23.3 Å². The van der Waals surface area contributed by atoms with Crippen LogP contribution in [0.1, 0.15) is 54.1 Å². The fraction of sp³-hybridized carbons (Fsp3) is 0.423. The van der Waals surface area contributed by atoms with Crippen LogP contribution in [0.25, 0.3) is 11.3 Å². The first-order chi connectivity index (χ1) is 17.4. The Hall–Kier alpha value is -3.50. The number of aryl methyl sites for hydroxylation is 1. The van der Waals surface area contributed by atoms with Crippen LogP contribution in [-0.2, 0) is 34.6 Å². The lowest BCUT2D eigenvalue weighted by atomic mass is 9.78. The van der Waals surface area contributed by atoms with Gasteiger partial charge in [-0.05, 0) is 18.1 Å². The number of fused-ring (bicyclic) bond motifs is 10. The van der Waals surface area contributed by atoms with Gasteiger partial charge in [-0.3, -0.25) is 0 Å². The van der Waals surface area contributed by atoms with Gasteiger partial charge in [0, 0.05) is 19.4 Å². The van der Waals surface area contributed by atoms with Gasteiger partial charge in [0.25, 0.3) is 17.1 Å². The third-order valence-corrected chi connectivity index (χ3v) is 8.77. The van der Waals surface area contributed by atoms with Crippen molar-refractivity contribution in [1.82, 2.24) is 4.57 Å². The molecule has 1 saturated carbocycles. The lowest BCUT2D eigenvalue weighted by molar-refractivity contribution is -0.744. The maximum absolute atomic E-state index is 16.0. The first-order valence-electron chi connectivity index (χ1n) is 11.9. The van der Waals surface area contributed by atoms with Gasteiger partial charge in [-0.1, -0.05) is 13.8 Å². The van der Waals surface area contributed by atoms with Crippen LogP contribution in [0.15, 0.2) is 30.6 Å². The van der Waals surface area contributed by atoms with E-state index in [1.54, 1.807) is 53.1 Å². The maximum atomic E-state index is 16.0. The quantitative estimate of drug-likeness (QED) is 0.295. The van der Waals surface area contributed by atoms with E-state index in [2.05, 4.69) is 0 Å². The van der Waals surface area contributed by atoms with Crippen molar-refractivity contribution in [2.24, 2.45) is 7.05 Å². The molecule has 0 bridgehead atoms. The zero-order valence-corrected chi connectivity index (χ0v) is 20.8. The van der Waals surface area contributed by atoms with E-state index in [4.69, 9.17) is 9.47 Å². The van der Waals surface area contributed by atoms with E-state index < -0.39 is 46.0 Å². The Morgan fingerprint density at radius 3 is 2.46 bits per heavy atom. The molecule has 6 nitrogen and oxygen atoms in total. The molecule has 6 rings (SSSR count). The number of alkyl halides is 3. The Morgan fingerprint density at radius 2 is 1.86 bits per heavy atom. The number of esters is 1. The molecule has 0 amide bonds. The number of hydrogen-bond donors (Lipinski definition) is 0. The molecule has 37 heavy (non-hydrogen) atoms. The topological polar surface area (TPSA) is 48.2 Å². The second-order valence-corrected chi connectivity index (χ2v) is 9.80. The smallest absolute Gasteiger partial charge is 0.422 e. The first-order valence-corrected chi connectivity index (χ1v) is 11.9. The summed E-state index contributed by atoms with van der Waals surface area (Å²) in [7, 11) is 3.15. The minimum absolute atomic E-state index is 0.0320.